The summed E-state index contributed by atoms with van der Waals surface area (Å²) in [5.41, 5.74) is 4.80. The highest BCUT2D eigenvalue weighted by Gasteiger charge is 2.23. The predicted molar refractivity (Wildman–Crippen MR) is 43.4 cm³/mol. The van der Waals surface area contributed by atoms with Crippen molar-refractivity contribution in [2.75, 3.05) is 5.73 Å². The molecule has 0 aliphatic rings. The second-order valence-corrected chi connectivity index (χ2v) is 3.79. The number of anilines is 1. The fourth-order valence-electron chi connectivity index (χ4n) is 0.545. The van der Waals surface area contributed by atoms with Crippen molar-refractivity contribution in [1.82, 2.24) is 10.2 Å². The summed E-state index contributed by atoms with van der Waals surface area (Å²) in [6, 6.07) is 0. The fraction of sp³-hybridized carbons (Fsp3) is 0.500. The third-order valence-electron chi connectivity index (χ3n) is 1.29. The van der Waals surface area contributed by atoms with Gasteiger partial charge in [-0.15, -0.1) is 10.2 Å². The average Bonchev–Trinajstić information content (AvgIpc) is 2.36. The number of carbonyl (C=O) groups excluding carboxylic acids is 1. The van der Waals surface area contributed by atoms with E-state index in [1.807, 2.05) is 0 Å². The van der Waals surface area contributed by atoms with Gasteiger partial charge in [0, 0.05) is 0 Å². The van der Waals surface area contributed by atoms with Crippen LogP contribution in [0.3, 0.4) is 0 Å². The molecule has 0 fully saturated rings. The molecular weight excluding hydrogens is 162 g/mol. The monoisotopic (exact) mass is 171 g/mol. The Bertz CT molecular complexity index is 269. The van der Waals surface area contributed by atoms with Crippen molar-refractivity contribution in [3.05, 3.63) is 5.01 Å². The second kappa shape index (κ2) is 2.58. The lowest BCUT2D eigenvalue weighted by atomic mass is 9.97. The van der Waals surface area contributed by atoms with Gasteiger partial charge < -0.3 is 10.5 Å². The first-order chi connectivity index (χ1) is 5.06. The number of rotatable bonds is 2. The van der Waals surface area contributed by atoms with E-state index in [0.717, 1.165) is 6.29 Å². The maximum absolute atomic E-state index is 10.5. The molecule has 0 spiro atoms. The van der Waals surface area contributed by atoms with E-state index in [1.165, 1.54) is 11.3 Å². The van der Waals surface area contributed by atoms with Gasteiger partial charge in [0.2, 0.25) is 5.13 Å². The third-order valence-corrected chi connectivity index (χ3v) is 2.38. The number of aromatic nitrogens is 2. The molecule has 0 bridgehead atoms. The highest BCUT2D eigenvalue weighted by atomic mass is 32.1. The largest absolute Gasteiger partial charge is 0.374 e. The average molecular weight is 171 g/mol. The molecule has 1 rings (SSSR count). The number of hydrogen-bond acceptors (Lipinski definition) is 5. The van der Waals surface area contributed by atoms with Gasteiger partial charge in [-0.05, 0) is 13.8 Å². The Morgan fingerprint density at radius 3 is 2.55 bits per heavy atom. The highest BCUT2D eigenvalue weighted by molar-refractivity contribution is 7.15. The van der Waals surface area contributed by atoms with Crippen LogP contribution in [-0.2, 0) is 10.2 Å². The molecule has 0 aliphatic carbocycles. The molecule has 4 nitrogen and oxygen atoms in total. The van der Waals surface area contributed by atoms with Crippen molar-refractivity contribution in [1.29, 1.82) is 0 Å². The summed E-state index contributed by atoms with van der Waals surface area (Å²) in [5, 5.41) is 8.44. The number of aldehydes is 1. The summed E-state index contributed by atoms with van der Waals surface area (Å²) in [6.07, 6.45) is 0.840. The van der Waals surface area contributed by atoms with Crippen molar-refractivity contribution in [3.8, 4) is 0 Å². The Kier molecular flexibility index (Phi) is 1.90. The molecule has 0 saturated carbocycles. The molecule has 60 valence electrons. The molecule has 1 aromatic rings. The normalized spacial score (nSPS) is 11.5. The van der Waals surface area contributed by atoms with Crippen LogP contribution in [0.25, 0.3) is 0 Å². The van der Waals surface area contributed by atoms with Crippen LogP contribution in [-0.4, -0.2) is 16.5 Å². The van der Waals surface area contributed by atoms with Gasteiger partial charge in [0.1, 0.15) is 11.3 Å². The summed E-state index contributed by atoms with van der Waals surface area (Å²) < 4.78 is 0. The van der Waals surface area contributed by atoms with Gasteiger partial charge in [0.05, 0.1) is 5.41 Å². The number of nitrogens with zero attached hydrogens (tertiary/aromatic N) is 2. The van der Waals surface area contributed by atoms with E-state index in [4.69, 9.17) is 5.73 Å². The van der Waals surface area contributed by atoms with E-state index in [-0.39, 0.29) is 0 Å². The standard InChI is InChI=1S/C6H9N3OS/c1-6(2,3-10)4-8-9-5(7)11-4/h3H,1-2H3,(H2,7,9). The van der Waals surface area contributed by atoms with E-state index in [9.17, 15) is 4.79 Å². The lowest BCUT2D eigenvalue weighted by Crippen LogP contribution is -2.18. The van der Waals surface area contributed by atoms with Crippen LogP contribution >= 0.6 is 11.3 Å². The van der Waals surface area contributed by atoms with E-state index in [0.29, 0.717) is 10.1 Å². The molecule has 0 atom stereocenters. The summed E-state index contributed by atoms with van der Waals surface area (Å²) in [7, 11) is 0. The van der Waals surface area contributed by atoms with E-state index in [2.05, 4.69) is 10.2 Å². The molecule has 0 unspecified atom stereocenters. The Morgan fingerprint density at radius 2 is 2.18 bits per heavy atom. The molecule has 5 heteroatoms. The molecule has 0 radical (unpaired) electrons. The maximum Gasteiger partial charge on any atom is 0.203 e. The van der Waals surface area contributed by atoms with Crippen LogP contribution in [0.2, 0.25) is 0 Å². The SMILES string of the molecule is CC(C)(C=O)c1nnc(N)s1. The van der Waals surface area contributed by atoms with E-state index < -0.39 is 5.41 Å². The van der Waals surface area contributed by atoms with Crippen LogP contribution in [0.5, 0.6) is 0 Å². The third kappa shape index (κ3) is 1.54. The smallest absolute Gasteiger partial charge is 0.203 e. The van der Waals surface area contributed by atoms with Crippen molar-refractivity contribution < 1.29 is 4.79 Å². The first kappa shape index (κ1) is 8.13. The molecule has 0 aromatic carbocycles. The zero-order valence-electron chi connectivity index (χ0n) is 6.37. The van der Waals surface area contributed by atoms with Gasteiger partial charge in [-0.25, -0.2) is 0 Å². The molecule has 1 heterocycles. The van der Waals surface area contributed by atoms with Crippen molar-refractivity contribution in [3.63, 3.8) is 0 Å². The van der Waals surface area contributed by atoms with Crippen molar-refractivity contribution in [2.45, 2.75) is 19.3 Å². The highest BCUT2D eigenvalue weighted by Crippen LogP contribution is 2.24. The summed E-state index contributed by atoms with van der Waals surface area (Å²) in [4.78, 5) is 10.5. The van der Waals surface area contributed by atoms with E-state index >= 15 is 0 Å². The molecular formula is C6H9N3OS. The van der Waals surface area contributed by atoms with Crippen molar-refractivity contribution in [2.24, 2.45) is 0 Å². The van der Waals surface area contributed by atoms with Gasteiger partial charge in [-0.1, -0.05) is 11.3 Å². The zero-order chi connectivity index (χ0) is 8.48. The Labute approximate surface area is 68.4 Å². The maximum atomic E-state index is 10.5. The molecule has 0 saturated heterocycles. The van der Waals surface area contributed by atoms with Gasteiger partial charge in [0.25, 0.3) is 0 Å². The molecule has 0 aliphatic heterocycles. The van der Waals surface area contributed by atoms with Crippen LogP contribution in [0.15, 0.2) is 0 Å². The van der Waals surface area contributed by atoms with Crippen molar-refractivity contribution >= 4 is 22.8 Å². The molecule has 0 amide bonds. The second-order valence-electron chi connectivity index (χ2n) is 2.78. The van der Waals surface area contributed by atoms with E-state index in [1.54, 1.807) is 13.8 Å². The lowest BCUT2D eigenvalue weighted by Gasteiger charge is -2.10. The van der Waals surface area contributed by atoms with Gasteiger partial charge >= 0.3 is 0 Å². The van der Waals surface area contributed by atoms with Gasteiger partial charge in [0.15, 0.2) is 0 Å². The van der Waals surface area contributed by atoms with Crippen LogP contribution in [0.4, 0.5) is 5.13 Å². The predicted octanol–water partition coefficient (Wildman–Crippen LogP) is 0.597. The Morgan fingerprint density at radius 1 is 1.55 bits per heavy atom. The minimum atomic E-state index is -0.560. The number of nitrogen functional groups attached to an aromatic ring is 1. The first-order valence-electron chi connectivity index (χ1n) is 3.12. The first-order valence-corrected chi connectivity index (χ1v) is 3.94. The zero-order valence-corrected chi connectivity index (χ0v) is 7.18. The van der Waals surface area contributed by atoms with Crippen LogP contribution < -0.4 is 5.73 Å². The van der Waals surface area contributed by atoms with Crippen LogP contribution in [0, 0.1) is 0 Å². The number of nitrogens with two attached hydrogens (primary N) is 1. The quantitative estimate of drug-likeness (QED) is 0.661. The lowest BCUT2D eigenvalue weighted by molar-refractivity contribution is -0.111. The summed E-state index contributed by atoms with van der Waals surface area (Å²) in [5.74, 6) is 0. The number of hydrogen-bond donors (Lipinski definition) is 1. The van der Waals surface area contributed by atoms with Gasteiger partial charge in [-0.2, -0.15) is 0 Å². The summed E-state index contributed by atoms with van der Waals surface area (Å²) >= 11 is 1.24. The summed E-state index contributed by atoms with van der Waals surface area (Å²) in [6.45, 7) is 3.56. The van der Waals surface area contributed by atoms with Crippen LogP contribution in [0.1, 0.15) is 18.9 Å². The number of carbonyl (C=O) groups is 1. The fourth-order valence-corrected chi connectivity index (χ4v) is 1.22. The molecule has 2 N–H and O–H groups in total. The Hall–Kier alpha value is -0.970. The molecule has 1 aromatic heterocycles. The Balaban J connectivity index is 3.01. The molecule has 11 heavy (non-hydrogen) atoms. The van der Waals surface area contributed by atoms with Gasteiger partial charge in [-0.3, -0.25) is 0 Å². The topological polar surface area (TPSA) is 68.9 Å². The minimum absolute atomic E-state index is 0.398. The minimum Gasteiger partial charge on any atom is -0.374 e.